The number of anilines is 1. The second-order valence-electron chi connectivity index (χ2n) is 6.90. The molecule has 2 nitrogen and oxygen atoms in total. The van der Waals surface area contributed by atoms with Crippen molar-refractivity contribution in [2.24, 2.45) is 5.92 Å². The minimum absolute atomic E-state index is 0.0808. The van der Waals surface area contributed by atoms with Crippen LogP contribution in [0.1, 0.15) is 29.5 Å². The molecule has 5 rings (SSSR count). The van der Waals surface area contributed by atoms with Crippen LogP contribution in [-0.2, 0) is 0 Å². The predicted molar refractivity (Wildman–Crippen MR) is 106 cm³/mol. The maximum atomic E-state index is 10.7. The van der Waals surface area contributed by atoms with Gasteiger partial charge in [0, 0.05) is 16.0 Å². The standard InChI is InChI=1S/C22H18BrNO/c23-18-10-4-9-16-15-7-3-8-17(15)22(24-21(16)18)20-14-6-2-1-5-13(14)11-12-19(20)25/h1-7,9-12,15,17,22,24-25H,8H2. The van der Waals surface area contributed by atoms with Gasteiger partial charge in [0.15, 0.2) is 0 Å². The summed E-state index contributed by atoms with van der Waals surface area (Å²) in [5, 5.41) is 16.8. The summed E-state index contributed by atoms with van der Waals surface area (Å²) in [5.74, 6) is 1.17. The van der Waals surface area contributed by atoms with Crippen molar-refractivity contribution in [3.8, 4) is 5.75 Å². The van der Waals surface area contributed by atoms with Crippen molar-refractivity contribution in [1.29, 1.82) is 0 Å². The Hall–Kier alpha value is -2.26. The monoisotopic (exact) mass is 391 g/mol. The molecular weight excluding hydrogens is 374 g/mol. The lowest BCUT2D eigenvalue weighted by molar-refractivity contribution is 0.404. The van der Waals surface area contributed by atoms with Crippen molar-refractivity contribution < 1.29 is 5.11 Å². The number of allylic oxidation sites excluding steroid dienone is 2. The van der Waals surface area contributed by atoms with Crippen LogP contribution in [0.15, 0.2) is 71.2 Å². The van der Waals surface area contributed by atoms with E-state index < -0.39 is 0 Å². The van der Waals surface area contributed by atoms with E-state index in [1.807, 2.05) is 24.3 Å². The van der Waals surface area contributed by atoms with Crippen LogP contribution >= 0.6 is 15.9 Å². The zero-order valence-electron chi connectivity index (χ0n) is 13.6. The highest BCUT2D eigenvalue weighted by Crippen LogP contribution is 2.53. The molecule has 0 spiro atoms. The third-order valence-corrected chi connectivity index (χ3v) is 6.27. The zero-order chi connectivity index (χ0) is 17.0. The molecule has 1 aliphatic heterocycles. The molecule has 0 fully saturated rings. The van der Waals surface area contributed by atoms with Crippen LogP contribution in [0.5, 0.6) is 5.75 Å². The molecule has 25 heavy (non-hydrogen) atoms. The van der Waals surface area contributed by atoms with Gasteiger partial charge in [-0.25, -0.2) is 0 Å². The molecular formula is C22H18BrNO. The summed E-state index contributed by atoms with van der Waals surface area (Å²) in [6.07, 6.45) is 5.63. The maximum absolute atomic E-state index is 10.7. The van der Waals surface area contributed by atoms with Gasteiger partial charge in [-0.15, -0.1) is 0 Å². The summed E-state index contributed by atoms with van der Waals surface area (Å²) < 4.78 is 1.08. The number of phenols is 1. The van der Waals surface area contributed by atoms with Gasteiger partial charge in [-0.3, -0.25) is 0 Å². The highest BCUT2D eigenvalue weighted by Gasteiger charge is 2.39. The molecule has 124 valence electrons. The second kappa shape index (κ2) is 5.63. The Labute approximate surface area is 155 Å². The third-order valence-electron chi connectivity index (χ3n) is 5.60. The minimum atomic E-state index is 0.0808. The topological polar surface area (TPSA) is 32.3 Å². The predicted octanol–water partition coefficient (Wildman–Crippen LogP) is 6.13. The molecule has 2 N–H and O–H groups in total. The van der Waals surface area contributed by atoms with E-state index in [0.29, 0.717) is 17.6 Å². The smallest absolute Gasteiger partial charge is 0.121 e. The number of hydrogen-bond donors (Lipinski definition) is 2. The fraction of sp³-hybridized carbons (Fsp3) is 0.182. The van der Waals surface area contributed by atoms with Gasteiger partial charge in [-0.05, 0) is 56.7 Å². The van der Waals surface area contributed by atoms with Gasteiger partial charge in [0.05, 0.1) is 11.7 Å². The number of aromatic hydroxyl groups is 1. The second-order valence-corrected chi connectivity index (χ2v) is 7.75. The van der Waals surface area contributed by atoms with Gasteiger partial charge in [0.1, 0.15) is 5.75 Å². The molecule has 0 saturated heterocycles. The summed E-state index contributed by atoms with van der Waals surface area (Å²) >= 11 is 3.70. The molecule has 0 amide bonds. The van der Waals surface area contributed by atoms with Crippen molar-refractivity contribution in [2.45, 2.75) is 18.4 Å². The van der Waals surface area contributed by atoms with E-state index in [9.17, 15) is 5.11 Å². The van der Waals surface area contributed by atoms with Crippen LogP contribution in [0.25, 0.3) is 10.8 Å². The van der Waals surface area contributed by atoms with Crippen LogP contribution in [0, 0.1) is 5.92 Å². The molecule has 0 aromatic heterocycles. The number of rotatable bonds is 1. The van der Waals surface area contributed by atoms with Crippen LogP contribution in [-0.4, -0.2) is 5.11 Å². The van der Waals surface area contributed by atoms with Crippen molar-refractivity contribution in [2.75, 3.05) is 5.32 Å². The Morgan fingerprint density at radius 3 is 2.80 bits per heavy atom. The average molecular weight is 392 g/mol. The number of para-hydroxylation sites is 1. The first-order chi connectivity index (χ1) is 12.2. The van der Waals surface area contributed by atoms with E-state index in [-0.39, 0.29) is 6.04 Å². The van der Waals surface area contributed by atoms with Crippen molar-refractivity contribution in [1.82, 2.24) is 0 Å². The summed E-state index contributed by atoms with van der Waals surface area (Å²) in [5.41, 5.74) is 3.50. The Kier molecular flexibility index (Phi) is 3.39. The molecule has 1 heterocycles. The van der Waals surface area contributed by atoms with Gasteiger partial charge in [0.2, 0.25) is 0 Å². The molecule has 0 radical (unpaired) electrons. The molecule has 3 aromatic carbocycles. The van der Waals surface area contributed by atoms with Crippen molar-refractivity contribution >= 4 is 32.4 Å². The van der Waals surface area contributed by atoms with Crippen LogP contribution < -0.4 is 5.32 Å². The highest BCUT2D eigenvalue weighted by molar-refractivity contribution is 9.10. The Morgan fingerprint density at radius 2 is 1.88 bits per heavy atom. The number of phenolic OH excluding ortho intramolecular Hbond substituents is 1. The largest absolute Gasteiger partial charge is 0.508 e. The molecule has 1 aliphatic carbocycles. The molecule has 0 saturated carbocycles. The first-order valence-corrected chi connectivity index (χ1v) is 9.45. The molecule has 3 heteroatoms. The summed E-state index contributed by atoms with van der Waals surface area (Å²) in [7, 11) is 0. The van der Waals surface area contributed by atoms with Gasteiger partial charge < -0.3 is 10.4 Å². The molecule has 2 aliphatic rings. The lowest BCUT2D eigenvalue weighted by atomic mass is 9.76. The fourth-order valence-corrected chi connectivity index (χ4v) is 4.98. The summed E-state index contributed by atoms with van der Waals surface area (Å²) in [6.45, 7) is 0. The average Bonchev–Trinajstić information content (AvgIpc) is 3.12. The normalized spacial score (nSPS) is 24.0. The van der Waals surface area contributed by atoms with Gasteiger partial charge in [-0.2, -0.15) is 0 Å². The van der Waals surface area contributed by atoms with Gasteiger partial charge in [0.25, 0.3) is 0 Å². The fourth-order valence-electron chi connectivity index (χ4n) is 4.48. The number of halogens is 1. The van der Waals surface area contributed by atoms with Crippen molar-refractivity contribution in [3.05, 3.63) is 82.3 Å². The van der Waals surface area contributed by atoms with E-state index in [0.717, 1.165) is 32.9 Å². The Bertz CT molecular complexity index is 1010. The number of benzene rings is 3. The van der Waals surface area contributed by atoms with Crippen LogP contribution in [0.4, 0.5) is 5.69 Å². The Balaban J connectivity index is 1.74. The maximum Gasteiger partial charge on any atom is 0.121 e. The Morgan fingerprint density at radius 1 is 1.00 bits per heavy atom. The van der Waals surface area contributed by atoms with E-state index in [1.54, 1.807) is 0 Å². The van der Waals surface area contributed by atoms with E-state index in [4.69, 9.17) is 0 Å². The van der Waals surface area contributed by atoms with Crippen LogP contribution in [0.3, 0.4) is 0 Å². The molecule has 3 atom stereocenters. The first kappa shape index (κ1) is 15.0. The number of hydrogen-bond acceptors (Lipinski definition) is 2. The molecule has 0 bridgehead atoms. The lowest BCUT2D eigenvalue weighted by Crippen LogP contribution is -2.29. The SMILES string of the molecule is Oc1ccc2ccccc2c1C1Nc2c(Br)cccc2C2C=CCC21. The van der Waals surface area contributed by atoms with Crippen molar-refractivity contribution in [3.63, 3.8) is 0 Å². The van der Waals surface area contributed by atoms with Gasteiger partial charge in [-0.1, -0.05) is 54.6 Å². The van der Waals surface area contributed by atoms with Gasteiger partial charge >= 0.3 is 0 Å². The highest BCUT2D eigenvalue weighted by atomic mass is 79.9. The first-order valence-electron chi connectivity index (χ1n) is 8.66. The third kappa shape index (κ3) is 2.22. The summed E-state index contributed by atoms with van der Waals surface area (Å²) in [6, 6.07) is 18.6. The molecule has 3 aromatic rings. The number of nitrogens with one attached hydrogen (secondary N) is 1. The molecule has 3 unspecified atom stereocenters. The lowest BCUT2D eigenvalue weighted by Gasteiger charge is -2.38. The quantitative estimate of drug-likeness (QED) is 0.488. The van der Waals surface area contributed by atoms with E-state index >= 15 is 0 Å². The van der Waals surface area contributed by atoms with E-state index in [1.165, 1.54) is 5.56 Å². The zero-order valence-corrected chi connectivity index (χ0v) is 15.2. The van der Waals surface area contributed by atoms with Crippen LogP contribution in [0.2, 0.25) is 0 Å². The number of fused-ring (bicyclic) bond motifs is 4. The van der Waals surface area contributed by atoms with E-state index in [2.05, 4.69) is 63.7 Å². The summed E-state index contributed by atoms with van der Waals surface area (Å²) in [4.78, 5) is 0. The minimum Gasteiger partial charge on any atom is -0.508 e.